The van der Waals surface area contributed by atoms with Crippen LogP contribution in [0.1, 0.15) is 23.5 Å². The Labute approximate surface area is 151 Å². The molecule has 1 aromatic rings. The molecule has 9 heteroatoms. The number of fused-ring (bicyclic) bond motifs is 1. The Morgan fingerprint density at radius 3 is 2.56 bits per heavy atom. The summed E-state index contributed by atoms with van der Waals surface area (Å²) in [5.41, 5.74) is -1.10. The summed E-state index contributed by atoms with van der Waals surface area (Å²) in [6.07, 6.45) is 0. The van der Waals surface area contributed by atoms with Crippen LogP contribution < -0.4 is 5.32 Å². The number of amides is 2. The molecule has 3 heterocycles. The van der Waals surface area contributed by atoms with Crippen LogP contribution in [0.25, 0.3) is 0 Å². The van der Waals surface area contributed by atoms with E-state index in [2.05, 4.69) is 5.32 Å². The Balaban J connectivity index is 1.78. The lowest BCUT2D eigenvalue weighted by Gasteiger charge is -2.44. The van der Waals surface area contributed by atoms with Crippen molar-refractivity contribution in [2.75, 3.05) is 31.6 Å². The highest BCUT2D eigenvalue weighted by molar-refractivity contribution is 7.91. The molecule has 0 aliphatic carbocycles. The maximum atomic E-state index is 13.1. The summed E-state index contributed by atoms with van der Waals surface area (Å²) >= 11 is 1.31. The van der Waals surface area contributed by atoms with E-state index in [4.69, 9.17) is 0 Å². The van der Waals surface area contributed by atoms with Gasteiger partial charge in [0.15, 0.2) is 9.84 Å². The lowest BCUT2D eigenvalue weighted by atomic mass is 9.98. The molecule has 138 valence electrons. The summed E-state index contributed by atoms with van der Waals surface area (Å²) in [5.74, 6) is -0.460. The van der Waals surface area contributed by atoms with Gasteiger partial charge in [0.1, 0.15) is 5.54 Å². The molecule has 2 atom stereocenters. The molecule has 0 saturated carbocycles. The summed E-state index contributed by atoms with van der Waals surface area (Å²) in [6, 6.07) is 2.96. The number of hydrogen-bond donors (Lipinski definition) is 1. The van der Waals surface area contributed by atoms with Crippen LogP contribution in [-0.2, 0) is 14.6 Å². The van der Waals surface area contributed by atoms with Crippen LogP contribution in [0, 0.1) is 0 Å². The van der Waals surface area contributed by atoms with E-state index in [1.54, 1.807) is 36.3 Å². The van der Waals surface area contributed by atoms with Gasteiger partial charge in [0.25, 0.3) is 5.91 Å². The first-order valence-corrected chi connectivity index (χ1v) is 10.9. The molecule has 0 radical (unpaired) electrons. The molecule has 1 aromatic heterocycles. The zero-order valence-corrected chi connectivity index (χ0v) is 16.2. The summed E-state index contributed by atoms with van der Waals surface area (Å²) in [4.78, 5) is 29.6. The number of carbonyl (C=O) groups is 2. The molecular weight excluding hydrogens is 362 g/mol. The molecule has 2 amide bonds. The van der Waals surface area contributed by atoms with E-state index in [1.807, 2.05) is 11.9 Å². The van der Waals surface area contributed by atoms with E-state index >= 15 is 0 Å². The molecule has 2 aliphatic rings. The van der Waals surface area contributed by atoms with Crippen LogP contribution in [0.2, 0.25) is 0 Å². The lowest BCUT2D eigenvalue weighted by Crippen LogP contribution is -2.65. The second-order valence-corrected chi connectivity index (χ2v) is 10.3. The van der Waals surface area contributed by atoms with Crippen molar-refractivity contribution < 1.29 is 18.0 Å². The number of nitrogens with zero attached hydrogens (tertiary/aromatic N) is 2. The van der Waals surface area contributed by atoms with Crippen molar-refractivity contribution >= 4 is 33.0 Å². The zero-order valence-electron chi connectivity index (χ0n) is 14.6. The monoisotopic (exact) mass is 385 g/mol. The third-order valence-electron chi connectivity index (χ3n) is 4.92. The van der Waals surface area contributed by atoms with Gasteiger partial charge >= 0.3 is 0 Å². The van der Waals surface area contributed by atoms with Gasteiger partial charge in [-0.1, -0.05) is 6.07 Å². The van der Waals surface area contributed by atoms with Crippen LogP contribution in [0.4, 0.5) is 0 Å². The second-order valence-electron chi connectivity index (χ2n) is 7.25. The molecule has 0 spiro atoms. The highest BCUT2D eigenvalue weighted by Gasteiger charge is 2.49. The van der Waals surface area contributed by atoms with Crippen molar-refractivity contribution in [3.63, 3.8) is 0 Å². The van der Waals surface area contributed by atoms with Crippen LogP contribution in [0.15, 0.2) is 17.5 Å². The quantitative estimate of drug-likeness (QED) is 0.803. The van der Waals surface area contributed by atoms with Gasteiger partial charge in [-0.25, -0.2) is 8.42 Å². The van der Waals surface area contributed by atoms with E-state index in [9.17, 15) is 18.0 Å². The van der Waals surface area contributed by atoms with Crippen LogP contribution >= 0.6 is 11.3 Å². The highest BCUT2D eigenvalue weighted by atomic mass is 32.2. The van der Waals surface area contributed by atoms with Gasteiger partial charge in [-0.2, -0.15) is 0 Å². The van der Waals surface area contributed by atoms with Crippen molar-refractivity contribution in [2.45, 2.75) is 31.5 Å². The van der Waals surface area contributed by atoms with Crippen LogP contribution in [0.5, 0.6) is 0 Å². The minimum atomic E-state index is -3.15. The second kappa shape index (κ2) is 6.37. The number of thiophene rings is 1. The number of carbonyl (C=O) groups excluding carboxylic acids is 2. The van der Waals surface area contributed by atoms with Crippen molar-refractivity contribution in [3.8, 4) is 0 Å². The first kappa shape index (κ1) is 18.3. The molecule has 3 rings (SSSR count). The Bertz CT molecular complexity index is 773. The Hall–Kier alpha value is -1.45. The number of likely N-dealkylation sites (N-methyl/N-ethyl adjacent to an activating group) is 1. The number of piperazine rings is 1. The van der Waals surface area contributed by atoms with Gasteiger partial charge in [0.2, 0.25) is 5.91 Å². The van der Waals surface area contributed by atoms with Crippen LogP contribution in [0.3, 0.4) is 0 Å². The maximum absolute atomic E-state index is 13.1. The fraction of sp³-hybridized carbons (Fsp3) is 0.625. The Morgan fingerprint density at radius 2 is 1.92 bits per heavy atom. The molecule has 7 nitrogen and oxygen atoms in total. The van der Waals surface area contributed by atoms with Crippen molar-refractivity contribution in [1.29, 1.82) is 0 Å². The van der Waals surface area contributed by atoms with Gasteiger partial charge in [-0.15, -0.1) is 11.3 Å². The van der Waals surface area contributed by atoms with Crippen LogP contribution in [-0.4, -0.2) is 79.3 Å². The summed E-state index contributed by atoms with van der Waals surface area (Å²) < 4.78 is 24.1. The molecule has 0 bridgehead atoms. The predicted molar refractivity (Wildman–Crippen MR) is 96.4 cm³/mol. The fourth-order valence-electron chi connectivity index (χ4n) is 3.54. The van der Waals surface area contributed by atoms with Gasteiger partial charge < -0.3 is 10.2 Å². The highest BCUT2D eigenvalue weighted by Crippen LogP contribution is 2.28. The van der Waals surface area contributed by atoms with Crippen molar-refractivity contribution in [3.05, 3.63) is 22.4 Å². The standard InChI is InChI=1S/C16H23N3O4S2/c1-16(2,17-14(20)13-5-4-8-24-13)15(21)19-7-6-18(3)11-9-25(22,23)10-12(11)19/h4-5,8,11-12H,6-7,9-10H2,1-3H3,(H,17,20)/t11-,12+/m1/s1. The third-order valence-corrected chi connectivity index (χ3v) is 7.49. The van der Waals surface area contributed by atoms with Gasteiger partial charge in [-0.05, 0) is 32.3 Å². The number of hydrogen-bond acceptors (Lipinski definition) is 6. The minimum Gasteiger partial charge on any atom is -0.337 e. The van der Waals surface area contributed by atoms with E-state index in [1.165, 1.54) is 11.3 Å². The zero-order chi connectivity index (χ0) is 18.4. The Kier molecular flexibility index (Phi) is 4.67. The first-order valence-electron chi connectivity index (χ1n) is 8.18. The molecule has 0 unspecified atom stereocenters. The summed E-state index contributed by atoms with van der Waals surface area (Å²) in [7, 11) is -1.26. The van der Waals surface area contributed by atoms with Crippen molar-refractivity contribution in [1.82, 2.24) is 15.1 Å². The number of rotatable bonds is 3. The molecule has 1 N–H and O–H groups in total. The summed E-state index contributed by atoms with van der Waals surface area (Å²) in [5, 5.41) is 4.59. The van der Waals surface area contributed by atoms with E-state index in [0.29, 0.717) is 18.0 Å². The fourth-order valence-corrected chi connectivity index (χ4v) is 6.22. The normalized spacial score (nSPS) is 26.3. The van der Waals surface area contributed by atoms with E-state index < -0.39 is 15.4 Å². The summed E-state index contributed by atoms with van der Waals surface area (Å²) in [6.45, 7) is 4.41. The predicted octanol–water partition coefficient (Wildman–Crippen LogP) is 0.196. The van der Waals surface area contributed by atoms with Gasteiger partial charge in [-0.3, -0.25) is 14.5 Å². The number of nitrogens with one attached hydrogen (secondary N) is 1. The van der Waals surface area contributed by atoms with E-state index in [-0.39, 0.29) is 35.4 Å². The SMILES string of the molecule is CN1CCN(C(=O)C(C)(C)NC(=O)c2cccs2)[C@H]2CS(=O)(=O)C[C@H]21. The lowest BCUT2D eigenvalue weighted by molar-refractivity contribution is -0.142. The van der Waals surface area contributed by atoms with Crippen molar-refractivity contribution in [2.24, 2.45) is 0 Å². The largest absolute Gasteiger partial charge is 0.337 e. The smallest absolute Gasteiger partial charge is 0.262 e. The molecular formula is C16H23N3O4S2. The minimum absolute atomic E-state index is 0.0112. The van der Waals surface area contributed by atoms with Gasteiger partial charge in [0, 0.05) is 19.1 Å². The molecule has 2 fully saturated rings. The average molecular weight is 386 g/mol. The maximum Gasteiger partial charge on any atom is 0.262 e. The Morgan fingerprint density at radius 1 is 1.24 bits per heavy atom. The van der Waals surface area contributed by atoms with Gasteiger partial charge in [0.05, 0.1) is 22.4 Å². The first-order chi connectivity index (χ1) is 11.6. The molecule has 25 heavy (non-hydrogen) atoms. The molecule has 2 saturated heterocycles. The molecule has 0 aromatic carbocycles. The van der Waals surface area contributed by atoms with E-state index in [0.717, 1.165) is 0 Å². The topological polar surface area (TPSA) is 86.8 Å². The average Bonchev–Trinajstić information content (AvgIpc) is 3.13. The molecule has 2 aliphatic heterocycles. The third kappa shape index (κ3) is 3.58. The number of sulfone groups is 1.